The number of hydrogen-bond acceptors (Lipinski definition) is 4. The molecule has 0 aliphatic carbocycles. The van der Waals surface area contributed by atoms with Crippen molar-refractivity contribution in [1.29, 1.82) is 0 Å². The number of aliphatic hydroxyl groups is 1. The number of hydrogen-bond donors (Lipinski definition) is 1. The van der Waals surface area contributed by atoms with Crippen LogP contribution in [0.5, 0.6) is 5.75 Å². The smallest absolute Gasteiger partial charge is 0.306 e. The number of rotatable bonds is 4. The molecule has 19 heavy (non-hydrogen) atoms. The van der Waals surface area contributed by atoms with Gasteiger partial charge in [0.05, 0.1) is 12.9 Å². The first-order valence-electron chi connectivity index (χ1n) is 5.67. The second-order valence-corrected chi connectivity index (χ2v) is 5.74. The van der Waals surface area contributed by atoms with Crippen LogP contribution in [0.25, 0.3) is 11.1 Å². The van der Waals surface area contributed by atoms with Crippen LogP contribution in [0.4, 0.5) is 0 Å². The minimum atomic E-state index is -3.49. The quantitative estimate of drug-likeness (QED) is 0.871. The van der Waals surface area contributed by atoms with Crippen LogP contribution in [-0.4, -0.2) is 19.8 Å². The Labute approximate surface area is 112 Å². The van der Waals surface area contributed by atoms with Crippen molar-refractivity contribution >= 4 is 10.1 Å². The van der Waals surface area contributed by atoms with Gasteiger partial charge in [-0.05, 0) is 28.8 Å². The van der Waals surface area contributed by atoms with Crippen molar-refractivity contribution in [2.45, 2.75) is 6.61 Å². The Morgan fingerprint density at radius 1 is 0.947 bits per heavy atom. The van der Waals surface area contributed by atoms with Gasteiger partial charge in [-0.25, -0.2) is 0 Å². The van der Waals surface area contributed by atoms with Crippen molar-refractivity contribution in [2.75, 3.05) is 6.26 Å². The van der Waals surface area contributed by atoms with E-state index in [-0.39, 0.29) is 6.61 Å². The summed E-state index contributed by atoms with van der Waals surface area (Å²) in [5.74, 6) is 0.290. The topological polar surface area (TPSA) is 63.6 Å². The molecule has 0 atom stereocenters. The molecule has 2 aromatic carbocycles. The Hall–Kier alpha value is -1.85. The van der Waals surface area contributed by atoms with Gasteiger partial charge in [0.2, 0.25) is 0 Å². The maximum Gasteiger partial charge on any atom is 0.306 e. The molecule has 0 aromatic heterocycles. The molecule has 0 bridgehead atoms. The summed E-state index contributed by atoms with van der Waals surface area (Å²) in [6.45, 7) is 0.0153. The Bertz CT molecular complexity index is 643. The van der Waals surface area contributed by atoms with Gasteiger partial charge in [-0.3, -0.25) is 0 Å². The first kappa shape index (κ1) is 13.6. The van der Waals surface area contributed by atoms with Gasteiger partial charge in [0.25, 0.3) is 0 Å². The predicted octanol–water partition coefficient (Wildman–Crippen LogP) is 2.18. The third kappa shape index (κ3) is 3.81. The van der Waals surface area contributed by atoms with Crippen LogP contribution >= 0.6 is 0 Å². The van der Waals surface area contributed by atoms with E-state index in [0.717, 1.165) is 22.9 Å². The lowest BCUT2D eigenvalue weighted by molar-refractivity contribution is 0.282. The van der Waals surface area contributed by atoms with Gasteiger partial charge in [0.15, 0.2) is 0 Å². The average molecular weight is 278 g/mol. The lowest BCUT2D eigenvalue weighted by atomic mass is 10.0. The fourth-order valence-corrected chi connectivity index (χ4v) is 2.14. The molecule has 0 saturated carbocycles. The lowest BCUT2D eigenvalue weighted by Gasteiger charge is -2.05. The molecular formula is C14H14O4S. The van der Waals surface area contributed by atoms with Gasteiger partial charge in [0, 0.05) is 0 Å². The highest BCUT2D eigenvalue weighted by Crippen LogP contribution is 2.23. The molecule has 0 aliphatic heterocycles. The van der Waals surface area contributed by atoms with Crippen LogP contribution in [0.2, 0.25) is 0 Å². The Morgan fingerprint density at radius 3 is 1.84 bits per heavy atom. The largest absolute Gasteiger partial charge is 0.392 e. The average Bonchev–Trinajstić information content (AvgIpc) is 2.38. The molecule has 0 unspecified atom stereocenters. The molecule has 0 spiro atoms. The second kappa shape index (κ2) is 5.42. The van der Waals surface area contributed by atoms with Crippen molar-refractivity contribution in [2.24, 2.45) is 0 Å². The molecule has 5 heteroatoms. The number of benzene rings is 2. The lowest BCUT2D eigenvalue weighted by Crippen LogP contribution is -2.05. The Balaban J connectivity index is 2.22. The summed E-state index contributed by atoms with van der Waals surface area (Å²) in [5.41, 5.74) is 2.79. The highest BCUT2D eigenvalue weighted by Gasteiger charge is 2.04. The van der Waals surface area contributed by atoms with Crippen LogP contribution in [-0.2, 0) is 16.7 Å². The summed E-state index contributed by atoms with van der Waals surface area (Å²) in [5, 5.41) is 8.97. The maximum absolute atomic E-state index is 11.0. The van der Waals surface area contributed by atoms with Crippen molar-refractivity contribution in [1.82, 2.24) is 0 Å². The van der Waals surface area contributed by atoms with E-state index in [9.17, 15) is 8.42 Å². The first-order valence-corrected chi connectivity index (χ1v) is 7.49. The molecule has 4 nitrogen and oxygen atoms in total. The third-order valence-electron chi connectivity index (χ3n) is 2.57. The molecule has 0 saturated heterocycles. The summed E-state index contributed by atoms with van der Waals surface area (Å²) in [6.07, 6.45) is 1.01. The zero-order chi connectivity index (χ0) is 13.9. The van der Waals surface area contributed by atoms with Gasteiger partial charge in [-0.1, -0.05) is 36.4 Å². The van der Waals surface area contributed by atoms with Crippen molar-refractivity contribution in [3.05, 3.63) is 54.1 Å². The fourth-order valence-electron chi connectivity index (χ4n) is 1.68. The summed E-state index contributed by atoms with van der Waals surface area (Å²) >= 11 is 0. The molecule has 0 amide bonds. The van der Waals surface area contributed by atoms with Crippen molar-refractivity contribution in [3.8, 4) is 16.9 Å². The van der Waals surface area contributed by atoms with Gasteiger partial charge in [0.1, 0.15) is 5.75 Å². The zero-order valence-corrected chi connectivity index (χ0v) is 11.2. The molecule has 2 aromatic rings. The Morgan fingerprint density at radius 2 is 1.42 bits per heavy atom. The van der Waals surface area contributed by atoms with Gasteiger partial charge in [-0.15, -0.1) is 0 Å². The zero-order valence-electron chi connectivity index (χ0n) is 10.4. The van der Waals surface area contributed by atoms with E-state index >= 15 is 0 Å². The van der Waals surface area contributed by atoms with Crippen LogP contribution < -0.4 is 4.18 Å². The van der Waals surface area contributed by atoms with E-state index in [4.69, 9.17) is 9.29 Å². The van der Waals surface area contributed by atoms with Gasteiger partial charge >= 0.3 is 10.1 Å². The summed E-state index contributed by atoms with van der Waals surface area (Å²) in [6, 6.07) is 14.3. The predicted molar refractivity (Wildman–Crippen MR) is 73.3 cm³/mol. The minimum absolute atomic E-state index is 0.0153. The van der Waals surface area contributed by atoms with Crippen LogP contribution in [0.15, 0.2) is 48.5 Å². The standard InChI is InChI=1S/C14H14O4S/c1-19(16,17)18-14-8-6-13(7-9-14)12-4-2-11(10-15)3-5-12/h2-9,15H,10H2,1H3. The third-order valence-corrected chi connectivity index (χ3v) is 3.07. The van der Waals surface area contributed by atoms with E-state index in [1.165, 1.54) is 0 Å². The summed E-state index contributed by atoms with van der Waals surface area (Å²) < 4.78 is 26.7. The van der Waals surface area contributed by atoms with E-state index in [1.807, 2.05) is 24.3 Å². The molecule has 0 heterocycles. The summed E-state index contributed by atoms with van der Waals surface area (Å²) in [7, 11) is -3.49. The van der Waals surface area contributed by atoms with Gasteiger partial charge < -0.3 is 9.29 Å². The SMILES string of the molecule is CS(=O)(=O)Oc1ccc(-c2ccc(CO)cc2)cc1. The van der Waals surface area contributed by atoms with Crippen LogP contribution in [0.1, 0.15) is 5.56 Å². The van der Waals surface area contributed by atoms with Crippen LogP contribution in [0.3, 0.4) is 0 Å². The molecule has 0 radical (unpaired) electrons. The normalized spacial score (nSPS) is 11.3. The fraction of sp³-hybridized carbons (Fsp3) is 0.143. The maximum atomic E-state index is 11.0. The Kier molecular flexibility index (Phi) is 3.87. The summed E-state index contributed by atoms with van der Waals surface area (Å²) in [4.78, 5) is 0. The molecular weight excluding hydrogens is 264 g/mol. The highest BCUT2D eigenvalue weighted by molar-refractivity contribution is 7.86. The van der Waals surface area contributed by atoms with E-state index in [2.05, 4.69) is 0 Å². The molecule has 0 fully saturated rings. The molecule has 1 N–H and O–H groups in total. The minimum Gasteiger partial charge on any atom is -0.392 e. The van der Waals surface area contributed by atoms with Gasteiger partial charge in [-0.2, -0.15) is 8.42 Å². The molecule has 0 aliphatic rings. The first-order chi connectivity index (χ1) is 8.98. The van der Waals surface area contributed by atoms with Crippen molar-refractivity contribution in [3.63, 3.8) is 0 Å². The van der Waals surface area contributed by atoms with E-state index in [1.54, 1.807) is 24.3 Å². The second-order valence-electron chi connectivity index (χ2n) is 4.17. The molecule has 2 rings (SSSR count). The van der Waals surface area contributed by atoms with E-state index in [0.29, 0.717) is 5.75 Å². The highest BCUT2D eigenvalue weighted by atomic mass is 32.2. The monoisotopic (exact) mass is 278 g/mol. The van der Waals surface area contributed by atoms with Crippen molar-refractivity contribution < 1.29 is 17.7 Å². The number of aliphatic hydroxyl groups excluding tert-OH is 1. The van der Waals surface area contributed by atoms with Crippen LogP contribution in [0, 0.1) is 0 Å². The van der Waals surface area contributed by atoms with E-state index < -0.39 is 10.1 Å². The molecule has 100 valence electrons.